The number of hydrogen-bond acceptors (Lipinski definition) is 4. The maximum absolute atomic E-state index is 13.0. The van der Waals surface area contributed by atoms with Crippen LogP contribution in [0.2, 0.25) is 0 Å². The van der Waals surface area contributed by atoms with Crippen molar-refractivity contribution >= 4 is 21.8 Å². The fraction of sp³-hybridized carbons (Fsp3) is 0.619. The minimum Gasteiger partial charge on any atom is -0.352 e. The number of rotatable bonds is 7. The molecule has 1 unspecified atom stereocenters. The monoisotopic (exact) mass is 421 g/mol. The molecule has 1 saturated carbocycles. The van der Waals surface area contributed by atoms with Gasteiger partial charge in [-0.2, -0.15) is 0 Å². The molecule has 0 radical (unpaired) electrons. The molecular weight excluding hydrogens is 390 g/mol. The lowest BCUT2D eigenvalue weighted by atomic mass is 10.0. The van der Waals surface area contributed by atoms with Gasteiger partial charge in [0.25, 0.3) is 5.91 Å². The molecule has 1 aromatic rings. The van der Waals surface area contributed by atoms with Crippen molar-refractivity contribution in [1.29, 1.82) is 0 Å². The van der Waals surface area contributed by atoms with Gasteiger partial charge in [-0.05, 0) is 50.3 Å². The molecule has 1 aromatic carbocycles. The molecule has 2 fully saturated rings. The zero-order valence-corrected chi connectivity index (χ0v) is 17.8. The number of likely N-dealkylation sites (tertiary alicyclic amines) is 1. The SMILES string of the molecule is CCCC(=O)NC1CCCN(C(=O)c2cccc(S(=O)(=O)NC3CCCC3)c2)C1. The van der Waals surface area contributed by atoms with Crippen LogP contribution < -0.4 is 10.0 Å². The van der Waals surface area contributed by atoms with Crippen LogP contribution in [0, 0.1) is 0 Å². The van der Waals surface area contributed by atoms with Crippen molar-refractivity contribution in [2.24, 2.45) is 0 Å². The molecule has 2 amide bonds. The van der Waals surface area contributed by atoms with E-state index >= 15 is 0 Å². The van der Waals surface area contributed by atoms with E-state index in [2.05, 4.69) is 10.0 Å². The predicted octanol–water partition coefficient (Wildman–Crippen LogP) is 2.43. The molecule has 2 aliphatic rings. The number of carbonyl (C=O) groups is 2. The Hall–Kier alpha value is -1.93. The molecule has 1 atom stereocenters. The van der Waals surface area contributed by atoms with Gasteiger partial charge in [0.15, 0.2) is 0 Å². The lowest BCUT2D eigenvalue weighted by Crippen LogP contribution is -2.49. The molecule has 1 aliphatic carbocycles. The summed E-state index contributed by atoms with van der Waals surface area (Å²) >= 11 is 0. The fourth-order valence-corrected chi connectivity index (χ4v) is 5.47. The van der Waals surface area contributed by atoms with Gasteiger partial charge in [-0.3, -0.25) is 9.59 Å². The van der Waals surface area contributed by atoms with Crippen molar-refractivity contribution in [2.75, 3.05) is 13.1 Å². The van der Waals surface area contributed by atoms with Crippen molar-refractivity contribution in [1.82, 2.24) is 14.9 Å². The normalized spacial score (nSPS) is 20.6. The quantitative estimate of drug-likeness (QED) is 0.707. The van der Waals surface area contributed by atoms with E-state index in [-0.39, 0.29) is 28.8 Å². The zero-order chi connectivity index (χ0) is 20.9. The maximum atomic E-state index is 13.0. The Bertz CT molecular complexity index is 834. The third-order valence-corrected chi connectivity index (χ3v) is 7.14. The van der Waals surface area contributed by atoms with Crippen molar-refractivity contribution in [2.45, 2.75) is 75.3 Å². The molecule has 160 valence electrons. The molecular formula is C21H31N3O4S. The molecule has 7 nitrogen and oxygen atoms in total. The lowest BCUT2D eigenvalue weighted by molar-refractivity contribution is -0.122. The average molecular weight is 422 g/mol. The van der Waals surface area contributed by atoms with E-state index in [4.69, 9.17) is 0 Å². The molecule has 0 spiro atoms. The van der Waals surface area contributed by atoms with Crippen molar-refractivity contribution in [3.8, 4) is 0 Å². The van der Waals surface area contributed by atoms with Crippen LogP contribution >= 0.6 is 0 Å². The van der Waals surface area contributed by atoms with Crippen molar-refractivity contribution in [3.05, 3.63) is 29.8 Å². The molecule has 1 heterocycles. The minimum absolute atomic E-state index is 0.0119. The summed E-state index contributed by atoms with van der Waals surface area (Å²) in [6.07, 6.45) is 6.72. The number of sulfonamides is 1. The summed E-state index contributed by atoms with van der Waals surface area (Å²) in [6, 6.07) is 6.17. The van der Waals surface area contributed by atoms with Crippen LogP contribution in [-0.2, 0) is 14.8 Å². The van der Waals surface area contributed by atoms with Gasteiger partial charge in [0.2, 0.25) is 15.9 Å². The summed E-state index contributed by atoms with van der Waals surface area (Å²) in [5.41, 5.74) is 0.361. The van der Waals surface area contributed by atoms with Crippen LogP contribution in [0.1, 0.15) is 68.6 Å². The number of carbonyl (C=O) groups excluding carboxylic acids is 2. The highest BCUT2D eigenvalue weighted by molar-refractivity contribution is 7.89. The Morgan fingerprint density at radius 1 is 1.10 bits per heavy atom. The van der Waals surface area contributed by atoms with E-state index in [1.54, 1.807) is 17.0 Å². The molecule has 3 rings (SSSR count). The lowest BCUT2D eigenvalue weighted by Gasteiger charge is -2.33. The third-order valence-electron chi connectivity index (χ3n) is 5.62. The zero-order valence-electron chi connectivity index (χ0n) is 17.0. The Morgan fingerprint density at radius 3 is 2.55 bits per heavy atom. The van der Waals surface area contributed by atoms with Crippen LogP contribution in [0.25, 0.3) is 0 Å². The summed E-state index contributed by atoms with van der Waals surface area (Å²) < 4.78 is 28.1. The molecule has 1 saturated heterocycles. The van der Waals surface area contributed by atoms with Gasteiger partial charge < -0.3 is 10.2 Å². The van der Waals surface area contributed by atoms with Gasteiger partial charge in [-0.15, -0.1) is 0 Å². The number of piperidine rings is 1. The molecule has 0 bridgehead atoms. The second-order valence-electron chi connectivity index (χ2n) is 8.04. The summed E-state index contributed by atoms with van der Waals surface area (Å²) in [4.78, 5) is 26.7. The number of benzene rings is 1. The highest BCUT2D eigenvalue weighted by Crippen LogP contribution is 2.22. The molecule has 8 heteroatoms. The van der Waals surface area contributed by atoms with Crippen molar-refractivity contribution in [3.63, 3.8) is 0 Å². The summed E-state index contributed by atoms with van der Waals surface area (Å²) in [5, 5.41) is 2.99. The molecule has 0 aromatic heterocycles. The first-order valence-corrected chi connectivity index (χ1v) is 12.1. The molecule has 1 aliphatic heterocycles. The number of nitrogens with zero attached hydrogens (tertiary/aromatic N) is 1. The standard InChI is InChI=1S/C21H31N3O4S/c1-2-7-20(25)22-18-11-6-13-24(15-18)21(26)16-8-5-12-19(14-16)29(27,28)23-17-9-3-4-10-17/h5,8,12,14,17-18,23H,2-4,6-7,9-11,13,15H2,1H3,(H,22,25). The summed E-state index contributed by atoms with van der Waals surface area (Å²) in [5.74, 6) is -0.185. The largest absolute Gasteiger partial charge is 0.352 e. The maximum Gasteiger partial charge on any atom is 0.253 e. The Labute approximate surface area is 173 Å². The minimum atomic E-state index is -3.64. The fourth-order valence-electron chi connectivity index (χ4n) is 4.12. The Balaban J connectivity index is 1.67. The average Bonchev–Trinajstić information content (AvgIpc) is 3.20. The Kier molecular flexibility index (Phi) is 7.29. The topological polar surface area (TPSA) is 95.6 Å². The summed E-state index contributed by atoms with van der Waals surface area (Å²) in [7, 11) is -3.64. The van der Waals surface area contributed by atoms with E-state index in [1.165, 1.54) is 12.1 Å². The number of hydrogen-bond donors (Lipinski definition) is 2. The van der Waals surface area contributed by atoms with E-state index < -0.39 is 10.0 Å². The molecule has 29 heavy (non-hydrogen) atoms. The third kappa shape index (κ3) is 5.79. The van der Waals surface area contributed by atoms with Crippen LogP contribution in [0.5, 0.6) is 0 Å². The first-order chi connectivity index (χ1) is 13.9. The van der Waals surface area contributed by atoms with Crippen LogP contribution in [0.15, 0.2) is 29.2 Å². The van der Waals surface area contributed by atoms with Gasteiger partial charge in [0, 0.05) is 37.2 Å². The van der Waals surface area contributed by atoms with Crippen LogP contribution in [0.3, 0.4) is 0 Å². The first kappa shape index (κ1) is 21.8. The number of amides is 2. The van der Waals surface area contributed by atoms with Crippen LogP contribution in [-0.4, -0.2) is 50.3 Å². The van der Waals surface area contributed by atoms with Gasteiger partial charge in [-0.25, -0.2) is 13.1 Å². The second-order valence-corrected chi connectivity index (χ2v) is 9.75. The second kappa shape index (κ2) is 9.71. The van der Waals surface area contributed by atoms with Crippen LogP contribution in [0.4, 0.5) is 0 Å². The van der Waals surface area contributed by atoms with Gasteiger partial charge >= 0.3 is 0 Å². The summed E-state index contributed by atoms with van der Waals surface area (Å²) in [6.45, 7) is 3.01. The smallest absolute Gasteiger partial charge is 0.253 e. The highest BCUT2D eigenvalue weighted by Gasteiger charge is 2.27. The first-order valence-electron chi connectivity index (χ1n) is 10.6. The van der Waals surface area contributed by atoms with Gasteiger partial charge in [0.1, 0.15) is 0 Å². The van der Waals surface area contributed by atoms with E-state index in [9.17, 15) is 18.0 Å². The predicted molar refractivity (Wildman–Crippen MR) is 111 cm³/mol. The highest BCUT2D eigenvalue weighted by atomic mass is 32.2. The van der Waals surface area contributed by atoms with E-state index in [1.807, 2.05) is 6.92 Å². The van der Waals surface area contributed by atoms with E-state index in [0.29, 0.717) is 25.1 Å². The van der Waals surface area contributed by atoms with Gasteiger partial charge in [0.05, 0.1) is 4.90 Å². The van der Waals surface area contributed by atoms with Gasteiger partial charge in [-0.1, -0.05) is 25.8 Å². The number of nitrogens with one attached hydrogen (secondary N) is 2. The van der Waals surface area contributed by atoms with E-state index in [0.717, 1.165) is 44.9 Å². The van der Waals surface area contributed by atoms with Crippen molar-refractivity contribution < 1.29 is 18.0 Å². The molecule has 2 N–H and O–H groups in total. The Morgan fingerprint density at radius 2 is 1.83 bits per heavy atom.